The molecule has 0 amide bonds. The summed E-state index contributed by atoms with van der Waals surface area (Å²) in [5.74, 6) is -1.88. The summed E-state index contributed by atoms with van der Waals surface area (Å²) in [5.41, 5.74) is -0.809. The van der Waals surface area contributed by atoms with Crippen LogP contribution in [-0.2, 0) is 10.4 Å². The Balaban J connectivity index is 3.02. The zero-order chi connectivity index (χ0) is 10.8. The van der Waals surface area contributed by atoms with Gasteiger partial charge >= 0.3 is 5.97 Å². The highest BCUT2D eigenvalue weighted by Crippen LogP contribution is 2.28. The van der Waals surface area contributed by atoms with E-state index in [9.17, 15) is 9.90 Å². The maximum atomic E-state index is 10.7. The number of carbonyl (C=O) groups is 1. The van der Waals surface area contributed by atoms with Crippen molar-refractivity contribution in [1.29, 1.82) is 0 Å². The van der Waals surface area contributed by atoms with Crippen LogP contribution >= 0.6 is 0 Å². The van der Waals surface area contributed by atoms with Crippen molar-refractivity contribution >= 4 is 5.97 Å². The Kier molecular flexibility index (Phi) is 2.86. The van der Waals surface area contributed by atoms with E-state index in [1.54, 1.807) is 12.1 Å². The van der Waals surface area contributed by atoms with E-state index in [4.69, 9.17) is 5.11 Å². The fourth-order valence-corrected chi connectivity index (χ4v) is 1.18. The first-order valence-corrected chi connectivity index (χ1v) is 4.32. The van der Waals surface area contributed by atoms with Crippen LogP contribution in [0.2, 0.25) is 0 Å². The molecule has 76 valence electrons. The van der Waals surface area contributed by atoms with Gasteiger partial charge in [0, 0.05) is 12.4 Å². The van der Waals surface area contributed by atoms with Gasteiger partial charge in [0.1, 0.15) is 0 Å². The minimum Gasteiger partial charge on any atom is -0.481 e. The van der Waals surface area contributed by atoms with E-state index in [1.165, 1.54) is 26.2 Å². The van der Waals surface area contributed by atoms with Gasteiger partial charge < -0.3 is 10.2 Å². The van der Waals surface area contributed by atoms with E-state index >= 15 is 0 Å². The highest BCUT2D eigenvalue weighted by molar-refractivity contribution is 5.71. The van der Waals surface area contributed by atoms with Gasteiger partial charge in [-0.15, -0.1) is 0 Å². The summed E-state index contributed by atoms with van der Waals surface area (Å²) < 4.78 is 0. The van der Waals surface area contributed by atoms with Crippen molar-refractivity contribution in [3.63, 3.8) is 0 Å². The Hall–Kier alpha value is -1.42. The molecule has 1 heterocycles. The second kappa shape index (κ2) is 3.75. The second-order valence-electron chi connectivity index (χ2n) is 3.44. The molecule has 2 unspecified atom stereocenters. The van der Waals surface area contributed by atoms with Crippen molar-refractivity contribution in [3.05, 3.63) is 30.1 Å². The molecule has 0 saturated carbocycles. The van der Waals surface area contributed by atoms with Gasteiger partial charge in [-0.25, -0.2) is 0 Å². The predicted octanol–water partition coefficient (Wildman–Crippen LogP) is 1.01. The number of carboxylic acids is 1. The minimum atomic E-state index is -1.37. The molecule has 0 bridgehead atoms. The number of pyridine rings is 1. The molecule has 0 aliphatic rings. The van der Waals surface area contributed by atoms with Crippen LogP contribution in [0.5, 0.6) is 0 Å². The quantitative estimate of drug-likeness (QED) is 0.755. The highest BCUT2D eigenvalue weighted by atomic mass is 16.4. The fraction of sp³-hybridized carbons (Fsp3) is 0.400. The van der Waals surface area contributed by atoms with E-state index in [2.05, 4.69) is 4.98 Å². The molecule has 4 nitrogen and oxygen atoms in total. The number of hydrogen-bond donors (Lipinski definition) is 2. The lowest BCUT2D eigenvalue weighted by molar-refractivity contribution is -0.150. The second-order valence-corrected chi connectivity index (χ2v) is 3.44. The van der Waals surface area contributed by atoms with E-state index in [-0.39, 0.29) is 0 Å². The van der Waals surface area contributed by atoms with Crippen LogP contribution in [-0.4, -0.2) is 21.2 Å². The monoisotopic (exact) mass is 195 g/mol. The molecule has 4 heteroatoms. The van der Waals surface area contributed by atoms with Crippen molar-refractivity contribution in [2.24, 2.45) is 5.92 Å². The number of carboxylic acid groups (broad SMARTS) is 1. The largest absolute Gasteiger partial charge is 0.481 e. The van der Waals surface area contributed by atoms with Gasteiger partial charge in [0.25, 0.3) is 0 Å². The molecule has 0 aliphatic carbocycles. The summed E-state index contributed by atoms with van der Waals surface area (Å²) in [6, 6.07) is 3.22. The standard InChI is InChI=1S/C10H13NO3/c1-7(9(12)13)10(2,14)8-3-5-11-6-4-8/h3-7,14H,1-2H3,(H,12,13). The first-order valence-electron chi connectivity index (χ1n) is 4.32. The van der Waals surface area contributed by atoms with Gasteiger partial charge in [0.15, 0.2) is 0 Å². The number of hydrogen-bond acceptors (Lipinski definition) is 3. The average molecular weight is 195 g/mol. The van der Waals surface area contributed by atoms with Gasteiger partial charge in [-0.2, -0.15) is 0 Å². The third-order valence-electron chi connectivity index (χ3n) is 2.48. The first kappa shape index (κ1) is 10.7. The number of rotatable bonds is 3. The number of aliphatic hydroxyl groups is 1. The maximum Gasteiger partial charge on any atom is 0.309 e. The summed E-state index contributed by atoms with van der Waals surface area (Å²) in [7, 11) is 0. The Morgan fingerprint density at radius 1 is 1.50 bits per heavy atom. The molecule has 2 atom stereocenters. The third-order valence-corrected chi connectivity index (χ3v) is 2.48. The zero-order valence-electron chi connectivity index (χ0n) is 8.14. The van der Waals surface area contributed by atoms with E-state index < -0.39 is 17.5 Å². The minimum absolute atomic E-state index is 0.558. The number of nitrogens with zero attached hydrogens (tertiary/aromatic N) is 1. The Bertz CT molecular complexity index is 321. The van der Waals surface area contributed by atoms with Crippen LogP contribution in [0.3, 0.4) is 0 Å². The van der Waals surface area contributed by atoms with Crippen molar-refractivity contribution in [2.75, 3.05) is 0 Å². The normalized spacial score (nSPS) is 17.1. The van der Waals surface area contributed by atoms with Gasteiger partial charge in [-0.3, -0.25) is 9.78 Å². The van der Waals surface area contributed by atoms with Gasteiger partial charge in [0.05, 0.1) is 11.5 Å². The summed E-state index contributed by atoms with van der Waals surface area (Å²) in [6.45, 7) is 2.96. The van der Waals surface area contributed by atoms with Crippen LogP contribution in [0.15, 0.2) is 24.5 Å². The molecule has 0 saturated heterocycles. The van der Waals surface area contributed by atoms with Crippen LogP contribution in [0.1, 0.15) is 19.4 Å². The molecule has 0 spiro atoms. The Morgan fingerprint density at radius 2 is 2.00 bits per heavy atom. The summed E-state index contributed by atoms with van der Waals surface area (Å²) in [6.07, 6.45) is 3.05. The molecule has 0 aromatic carbocycles. The zero-order valence-corrected chi connectivity index (χ0v) is 8.14. The van der Waals surface area contributed by atoms with Crippen molar-refractivity contribution in [1.82, 2.24) is 4.98 Å². The topological polar surface area (TPSA) is 70.4 Å². The summed E-state index contributed by atoms with van der Waals surface area (Å²) >= 11 is 0. The number of aliphatic carboxylic acids is 1. The van der Waals surface area contributed by atoms with Crippen molar-refractivity contribution in [3.8, 4) is 0 Å². The maximum absolute atomic E-state index is 10.7. The molecule has 14 heavy (non-hydrogen) atoms. The van der Waals surface area contributed by atoms with Gasteiger partial charge in [-0.1, -0.05) is 0 Å². The lowest BCUT2D eigenvalue weighted by Gasteiger charge is -2.27. The molecular weight excluding hydrogens is 182 g/mol. The molecule has 2 N–H and O–H groups in total. The molecule has 1 rings (SSSR count). The predicted molar refractivity (Wildman–Crippen MR) is 50.6 cm³/mol. The highest BCUT2D eigenvalue weighted by Gasteiger charge is 2.35. The molecular formula is C10H13NO3. The van der Waals surface area contributed by atoms with Crippen LogP contribution in [0, 0.1) is 5.92 Å². The van der Waals surface area contributed by atoms with Gasteiger partial charge in [0.2, 0.25) is 0 Å². The van der Waals surface area contributed by atoms with Crippen molar-refractivity contribution < 1.29 is 15.0 Å². The van der Waals surface area contributed by atoms with Crippen LogP contribution in [0.25, 0.3) is 0 Å². The molecule has 1 aromatic rings. The van der Waals surface area contributed by atoms with Gasteiger partial charge in [-0.05, 0) is 31.5 Å². The van der Waals surface area contributed by atoms with Crippen LogP contribution < -0.4 is 0 Å². The average Bonchev–Trinajstić information content (AvgIpc) is 2.18. The van der Waals surface area contributed by atoms with Crippen molar-refractivity contribution in [2.45, 2.75) is 19.4 Å². The molecule has 0 fully saturated rings. The lowest BCUT2D eigenvalue weighted by Crippen LogP contribution is -2.35. The van der Waals surface area contributed by atoms with Crippen LogP contribution in [0.4, 0.5) is 0 Å². The summed E-state index contributed by atoms with van der Waals surface area (Å²) in [5, 5.41) is 18.8. The van der Waals surface area contributed by atoms with E-state index in [1.807, 2.05) is 0 Å². The Labute approximate surface area is 82.2 Å². The SMILES string of the molecule is CC(C(=O)O)C(C)(O)c1ccncc1. The van der Waals surface area contributed by atoms with E-state index in [0.717, 1.165) is 0 Å². The number of aromatic nitrogens is 1. The Morgan fingerprint density at radius 3 is 2.43 bits per heavy atom. The third kappa shape index (κ3) is 1.90. The molecule has 0 radical (unpaired) electrons. The molecule has 0 aliphatic heterocycles. The smallest absolute Gasteiger partial charge is 0.309 e. The summed E-state index contributed by atoms with van der Waals surface area (Å²) in [4.78, 5) is 14.5. The lowest BCUT2D eigenvalue weighted by atomic mass is 9.85. The molecule has 1 aromatic heterocycles. The van der Waals surface area contributed by atoms with E-state index in [0.29, 0.717) is 5.56 Å². The first-order chi connectivity index (χ1) is 6.46. The fourth-order valence-electron chi connectivity index (χ4n) is 1.18.